The number of benzene rings is 1. The maximum atomic E-state index is 13.5. The number of carbonyl (C=O) groups is 1. The van der Waals surface area contributed by atoms with E-state index in [9.17, 15) is 9.59 Å². The molecule has 0 radical (unpaired) electrons. The van der Waals surface area contributed by atoms with Crippen LogP contribution in [0.5, 0.6) is 5.88 Å². The number of aryl methyl sites for hydroxylation is 2. The molecule has 3 aromatic heterocycles. The van der Waals surface area contributed by atoms with Crippen molar-refractivity contribution in [3.63, 3.8) is 0 Å². The van der Waals surface area contributed by atoms with Crippen LogP contribution in [0.2, 0.25) is 0 Å². The molecule has 1 aliphatic rings. The highest BCUT2D eigenvalue weighted by Gasteiger charge is 2.27. The molecule has 1 fully saturated rings. The number of fused-ring (bicyclic) bond motifs is 1. The maximum Gasteiger partial charge on any atom is 0.302 e. The van der Waals surface area contributed by atoms with Gasteiger partial charge in [0.2, 0.25) is 5.88 Å². The lowest BCUT2D eigenvalue weighted by Gasteiger charge is -2.40. The third kappa shape index (κ3) is 7.10. The molecule has 9 heteroatoms. The molecule has 4 aromatic rings. The molecule has 0 unspecified atom stereocenters. The molecule has 0 aliphatic carbocycles. The van der Waals surface area contributed by atoms with Gasteiger partial charge in [-0.2, -0.15) is 0 Å². The Morgan fingerprint density at radius 1 is 1.10 bits per heavy atom. The summed E-state index contributed by atoms with van der Waals surface area (Å²) < 4.78 is 12.6. The highest BCUT2D eigenvalue weighted by Crippen LogP contribution is 2.26. The Morgan fingerprint density at radius 3 is 2.73 bits per heavy atom. The van der Waals surface area contributed by atoms with Crippen molar-refractivity contribution in [2.24, 2.45) is 7.05 Å². The summed E-state index contributed by atoms with van der Waals surface area (Å²) in [7, 11) is 2.00. The maximum absolute atomic E-state index is 13.5. The number of nitrogens with zero attached hydrogens (tertiary/aromatic N) is 5. The Balaban J connectivity index is 1.35. The number of para-hydroxylation sites is 1. The highest BCUT2D eigenvalue weighted by atomic mass is 16.6. The van der Waals surface area contributed by atoms with Crippen LogP contribution in [-0.4, -0.2) is 57.7 Å². The summed E-state index contributed by atoms with van der Waals surface area (Å²) >= 11 is 0. The van der Waals surface area contributed by atoms with E-state index in [2.05, 4.69) is 36.5 Å². The van der Waals surface area contributed by atoms with Gasteiger partial charge in [0.15, 0.2) is 5.43 Å². The van der Waals surface area contributed by atoms with Crippen LogP contribution in [0.4, 0.5) is 5.69 Å². The van der Waals surface area contributed by atoms with E-state index in [0.29, 0.717) is 12.4 Å². The van der Waals surface area contributed by atoms with Gasteiger partial charge in [0, 0.05) is 81.3 Å². The largest absolute Gasteiger partial charge is 0.474 e. The van der Waals surface area contributed by atoms with E-state index in [0.717, 1.165) is 60.3 Å². The second-order valence-corrected chi connectivity index (χ2v) is 10.6. The van der Waals surface area contributed by atoms with Gasteiger partial charge >= 0.3 is 5.97 Å². The van der Waals surface area contributed by atoms with Crippen molar-refractivity contribution in [2.45, 2.75) is 45.8 Å². The van der Waals surface area contributed by atoms with Crippen LogP contribution in [0.25, 0.3) is 10.9 Å². The first-order valence-corrected chi connectivity index (χ1v) is 14.1. The highest BCUT2D eigenvalue weighted by molar-refractivity contribution is 5.79. The lowest BCUT2D eigenvalue weighted by Crippen LogP contribution is -2.48. The van der Waals surface area contributed by atoms with E-state index >= 15 is 0 Å². The van der Waals surface area contributed by atoms with Gasteiger partial charge < -0.3 is 18.9 Å². The topological polar surface area (TPSA) is 89.8 Å². The van der Waals surface area contributed by atoms with Crippen molar-refractivity contribution in [3.8, 4) is 5.88 Å². The van der Waals surface area contributed by atoms with Crippen molar-refractivity contribution in [3.05, 3.63) is 94.2 Å². The van der Waals surface area contributed by atoms with Crippen LogP contribution in [0.15, 0.2) is 71.9 Å². The minimum absolute atomic E-state index is 0.0933. The number of esters is 1. The van der Waals surface area contributed by atoms with Crippen LogP contribution < -0.4 is 15.1 Å². The van der Waals surface area contributed by atoms with E-state index in [1.807, 2.05) is 69.0 Å². The van der Waals surface area contributed by atoms with Gasteiger partial charge in [-0.05, 0) is 55.7 Å². The van der Waals surface area contributed by atoms with Crippen molar-refractivity contribution in [1.29, 1.82) is 0 Å². The zero-order valence-corrected chi connectivity index (χ0v) is 24.0. The third-order valence-corrected chi connectivity index (χ3v) is 7.53. The predicted octanol–water partition coefficient (Wildman–Crippen LogP) is 4.25. The number of ether oxygens (including phenoxy) is 2. The molecule has 1 aromatic carbocycles. The van der Waals surface area contributed by atoms with Crippen LogP contribution in [0, 0.1) is 6.92 Å². The monoisotopic (exact) mass is 555 g/mol. The average Bonchev–Trinajstić information content (AvgIpc) is 2.98. The van der Waals surface area contributed by atoms with Gasteiger partial charge in [-0.1, -0.05) is 12.1 Å². The predicted molar refractivity (Wildman–Crippen MR) is 159 cm³/mol. The van der Waals surface area contributed by atoms with E-state index in [-0.39, 0.29) is 30.7 Å². The molecule has 1 aliphatic heterocycles. The standard InChI is InChI=1S/C32H37N5O4/c1-23-17-25(12-13-33-23)19-37(21-26-20-35(3)30-9-5-4-8-29(30)32(26)39)28-7-6-14-36(22-28)27-10-11-31(34-18-27)41-16-15-40-24(2)38/h4-5,8-13,17-18,20,28H,6-7,14-16,19,21-22H2,1-3H3/t28-/m0/s1. The lowest BCUT2D eigenvalue weighted by atomic mass is 10.0. The number of pyridine rings is 3. The molecule has 0 bridgehead atoms. The zero-order chi connectivity index (χ0) is 28.8. The molecule has 214 valence electrons. The molecule has 0 amide bonds. The molecule has 1 saturated heterocycles. The Kier molecular flexibility index (Phi) is 8.94. The quantitative estimate of drug-likeness (QED) is 0.212. The minimum atomic E-state index is -0.328. The van der Waals surface area contributed by atoms with E-state index < -0.39 is 0 Å². The fourth-order valence-corrected chi connectivity index (χ4v) is 5.55. The Hall–Kier alpha value is -4.24. The lowest BCUT2D eigenvalue weighted by molar-refractivity contribution is -0.141. The number of hydrogen-bond donors (Lipinski definition) is 0. The van der Waals surface area contributed by atoms with Crippen molar-refractivity contribution in [2.75, 3.05) is 31.2 Å². The smallest absolute Gasteiger partial charge is 0.302 e. The van der Waals surface area contributed by atoms with Crippen molar-refractivity contribution < 1.29 is 14.3 Å². The minimum Gasteiger partial charge on any atom is -0.474 e. The van der Waals surface area contributed by atoms with Gasteiger partial charge in [-0.15, -0.1) is 0 Å². The first-order chi connectivity index (χ1) is 19.9. The Labute approximate surface area is 240 Å². The molecule has 0 spiro atoms. The summed E-state index contributed by atoms with van der Waals surface area (Å²) in [6.45, 7) is 6.88. The Morgan fingerprint density at radius 2 is 1.95 bits per heavy atom. The van der Waals surface area contributed by atoms with E-state index in [1.54, 1.807) is 0 Å². The summed E-state index contributed by atoms with van der Waals surface area (Å²) in [5, 5.41) is 0.749. The number of anilines is 1. The SMILES string of the molecule is CC(=O)OCCOc1ccc(N2CCC[C@H](N(Cc3ccnc(C)c3)Cc3cn(C)c4ccccc4c3=O)C2)cn1. The van der Waals surface area contributed by atoms with Gasteiger partial charge in [0.05, 0.1) is 17.4 Å². The summed E-state index contributed by atoms with van der Waals surface area (Å²) in [4.78, 5) is 38.1. The number of carbonyl (C=O) groups excluding carboxylic acids is 1. The molecule has 9 nitrogen and oxygen atoms in total. The van der Waals surface area contributed by atoms with Gasteiger partial charge in [0.1, 0.15) is 13.2 Å². The third-order valence-electron chi connectivity index (χ3n) is 7.53. The molecule has 4 heterocycles. The van der Waals surface area contributed by atoms with Gasteiger partial charge in [-0.3, -0.25) is 19.5 Å². The van der Waals surface area contributed by atoms with Crippen LogP contribution in [0.1, 0.15) is 36.6 Å². The summed E-state index contributed by atoms with van der Waals surface area (Å²) in [5.41, 5.74) is 5.03. The van der Waals surface area contributed by atoms with Crippen molar-refractivity contribution >= 4 is 22.6 Å². The fourth-order valence-electron chi connectivity index (χ4n) is 5.55. The van der Waals surface area contributed by atoms with Crippen molar-refractivity contribution in [1.82, 2.24) is 19.4 Å². The summed E-state index contributed by atoms with van der Waals surface area (Å²) in [6.07, 6.45) is 7.75. The molecule has 5 rings (SSSR count). The van der Waals surface area contributed by atoms with Gasteiger partial charge in [-0.25, -0.2) is 4.98 Å². The molecule has 0 saturated carbocycles. The molecule has 0 N–H and O–H groups in total. The van der Waals surface area contributed by atoms with Gasteiger partial charge in [0.25, 0.3) is 0 Å². The molecule has 41 heavy (non-hydrogen) atoms. The van der Waals surface area contributed by atoms with E-state index in [4.69, 9.17) is 9.47 Å². The summed E-state index contributed by atoms with van der Waals surface area (Å²) in [6, 6.07) is 16.1. The second-order valence-electron chi connectivity index (χ2n) is 10.6. The molecular formula is C32H37N5O4. The second kappa shape index (κ2) is 13.0. The number of aromatic nitrogens is 3. The number of piperidine rings is 1. The number of rotatable bonds is 10. The average molecular weight is 556 g/mol. The van der Waals surface area contributed by atoms with Crippen LogP contribution >= 0.6 is 0 Å². The Bertz CT molecular complexity index is 1550. The first kappa shape index (κ1) is 28.3. The van der Waals surface area contributed by atoms with E-state index in [1.165, 1.54) is 12.5 Å². The first-order valence-electron chi connectivity index (χ1n) is 14.1. The molecular weight excluding hydrogens is 518 g/mol. The zero-order valence-electron chi connectivity index (χ0n) is 24.0. The summed E-state index contributed by atoms with van der Waals surface area (Å²) in [5.74, 6) is 0.168. The number of hydrogen-bond acceptors (Lipinski definition) is 8. The van der Waals surface area contributed by atoms with Crippen LogP contribution in [-0.2, 0) is 29.7 Å². The van der Waals surface area contributed by atoms with Crippen LogP contribution in [0.3, 0.4) is 0 Å². The molecule has 1 atom stereocenters. The normalized spacial score (nSPS) is 15.3. The fraction of sp³-hybridized carbons (Fsp3) is 0.375.